The summed E-state index contributed by atoms with van der Waals surface area (Å²) in [5.74, 6) is 1.78. The molecule has 0 spiro atoms. The lowest BCUT2D eigenvalue weighted by molar-refractivity contribution is -0.119. The summed E-state index contributed by atoms with van der Waals surface area (Å²) in [5, 5.41) is 15.2. The van der Waals surface area contributed by atoms with Crippen molar-refractivity contribution in [2.75, 3.05) is 40.3 Å². The number of nitrogens with one attached hydrogen (secondary N) is 5. The molecule has 3 aliphatic carbocycles. The van der Waals surface area contributed by atoms with Gasteiger partial charge >= 0.3 is 0 Å². The summed E-state index contributed by atoms with van der Waals surface area (Å²) in [6.07, 6.45) is 13.3. The molecule has 0 radical (unpaired) electrons. The van der Waals surface area contributed by atoms with Gasteiger partial charge in [0.1, 0.15) is 72.5 Å². The van der Waals surface area contributed by atoms with E-state index in [1.807, 2.05) is 117 Å². The molecule has 0 saturated heterocycles. The Hall–Kier alpha value is -11.5. The van der Waals surface area contributed by atoms with E-state index in [1.165, 1.54) is 41.7 Å². The molecule has 0 bridgehead atoms. The van der Waals surface area contributed by atoms with Crippen LogP contribution in [0.15, 0.2) is 128 Å². The SMILES string of the molecule is CC(C)(C)CC(=O)Nc1nc2ccc(Cl)nc2n1C1CC(F)C1.CC(C)(C)OCCC(=O)Nc1nc2ccc(Cl)nc2n1-c1ccc(F)cn1.CC[C@H](C)CC(=O)Nc1nc2ccc(C)nc2n1C1CCC1.COC(C)CCC(=O)Nc1nc2ccc(C)nc2n1C1CCC1.O=C(CCc1ccccc1)Nc1nc2ccc(Cl)nc2n1-c1ccc(F)cn1. The monoisotopic (exact) mass is 1740 g/mol. The van der Waals surface area contributed by atoms with Crippen LogP contribution in [0.2, 0.25) is 15.5 Å². The molecule has 123 heavy (non-hydrogen) atoms. The molecule has 13 aromatic rings. The first-order valence-electron chi connectivity index (χ1n) is 41.2. The molecule has 3 aliphatic rings. The second-order valence-electron chi connectivity index (χ2n) is 33.0. The average Bonchev–Trinajstić information content (AvgIpc) is 2.62. The largest absolute Gasteiger partial charge is 0.382 e. The molecule has 16 rings (SSSR count). The predicted molar refractivity (Wildman–Crippen MR) is 471 cm³/mol. The van der Waals surface area contributed by atoms with Crippen LogP contribution in [-0.2, 0) is 39.9 Å². The van der Waals surface area contributed by atoms with Gasteiger partial charge in [-0.15, -0.1) is 0 Å². The third-order valence-corrected chi connectivity index (χ3v) is 21.3. The van der Waals surface area contributed by atoms with Gasteiger partial charge in [-0.3, -0.25) is 64.3 Å². The lowest BCUT2D eigenvalue weighted by Gasteiger charge is -2.32. The van der Waals surface area contributed by atoms with E-state index in [1.54, 1.807) is 52.6 Å². The van der Waals surface area contributed by atoms with Crippen molar-refractivity contribution in [2.24, 2.45) is 11.3 Å². The summed E-state index contributed by atoms with van der Waals surface area (Å²) >= 11 is 18.0. The number of benzene rings is 1. The number of imidazole rings is 5. The van der Waals surface area contributed by atoms with E-state index in [-0.39, 0.29) is 94.3 Å². The fourth-order valence-electron chi connectivity index (χ4n) is 13.5. The molecule has 3 fully saturated rings. The van der Waals surface area contributed by atoms with Crippen LogP contribution >= 0.6 is 34.8 Å². The van der Waals surface area contributed by atoms with Gasteiger partial charge in [0.25, 0.3) is 0 Å². The van der Waals surface area contributed by atoms with E-state index >= 15 is 0 Å². The summed E-state index contributed by atoms with van der Waals surface area (Å²) in [5.41, 5.74) is 9.12. The van der Waals surface area contributed by atoms with E-state index in [2.05, 4.69) is 109 Å². The lowest BCUT2D eigenvalue weighted by Crippen LogP contribution is -2.30. The third kappa shape index (κ3) is 24.3. The van der Waals surface area contributed by atoms with Crippen LogP contribution in [0.4, 0.5) is 42.9 Å². The Kier molecular flexibility index (Phi) is 30.0. The highest BCUT2D eigenvalue weighted by atomic mass is 35.5. The number of anilines is 5. The molecule has 1 unspecified atom stereocenters. The molecule has 35 heteroatoms. The zero-order valence-electron chi connectivity index (χ0n) is 70.8. The maximum absolute atomic E-state index is 13.3. The zero-order chi connectivity index (χ0) is 88.0. The number of alkyl halides is 1. The van der Waals surface area contributed by atoms with E-state index < -0.39 is 17.8 Å². The molecule has 5 amide bonds. The Labute approximate surface area is 724 Å². The van der Waals surface area contributed by atoms with Gasteiger partial charge in [-0.2, -0.15) is 0 Å². The maximum Gasteiger partial charge on any atom is 0.229 e. The minimum Gasteiger partial charge on any atom is -0.382 e. The second-order valence-corrected chi connectivity index (χ2v) is 34.2. The summed E-state index contributed by atoms with van der Waals surface area (Å²) in [6, 6.07) is 33.9. The highest BCUT2D eigenvalue weighted by Gasteiger charge is 2.35. The van der Waals surface area contributed by atoms with Crippen molar-refractivity contribution in [3.8, 4) is 11.6 Å². The van der Waals surface area contributed by atoms with E-state index in [9.17, 15) is 37.1 Å². The Balaban J connectivity index is 0.000000141. The Morgan fingerprint density at radius 1 is 0.488 bits per heavy atom. The van der Waals surface area contributed by atoms with Crippen LogP contribution in [0.25, 0.3) is 67.5 Å². The van der Waals surface area contributed by atoms with Crippen molar-refractivity contribution in [1.29, 1.82) is 0 Å². The number of carbonyl (C=O) groups excluding carboxylic acids is 5. The Bertz CT molecular complexity index is 5880. The quantitative estimate of drug-likeness (QED) is 0.0351. The second kappa shape index (κ2) is 40.7. The molecule has 0 aliphatic heterocycles. The highest BCUT2D eigenvalue weighted by molar-refractivity contribution is 6.30. The summed E-state index contributed by atoms with van der Waals surface area (Å²) in [7, 11) is 1.66. The normalized spacial score (nSPS) is 15.0. The molecule has 12 heterocycles. The summed E-state index contributed by atoms with van der Waals surface area (Å²) in [4.78, 5) is 114. The topological polar surface area (TPSA) is 343 Å². The third-order valence-electron chi connectivity index (χ3n) is 20.7. The minimum atomic E-state index is -0.810. The van der Waals surface area contributed by atoms with Gasteiger partial charge in [0.05, 0.1) is 37.1 Å². The first-order valence-corrected chi connectivity index (χ1v) is 42.3. The Morgan fingerprint density at radius 3 is 1.32 bits per heavy atom. The molecule has 3 saturated carbocycles. The number of ether oxygens (including phenoxy) is 2. The fourth-order valence-corrected chi connectivity index (χ4v) is 14.0. The average molecular weight is 1740 g/mol. The van der Waals surface area contributed by atoms with Gasteiger partial charge in [0, 0.05) is 62.3 Å². The molecule has 12 aromatic heterocycles. The smallest absolute Gasteiger partial charge is 0.229 e. The van der Waals surface area contributed by atoms with Crippen molar-refractivity contribution in [3.63, 3.8) is 0 Å². The van der Waals surface area contributed by atoms with Crippen LogP contribution in [0.5, 0.6) is 0 Å². The number of hydrogen-bond acceptors (Lipinski definition) is 19. The molecule has 648 valence electrons. The zero-order valence-corrected chi connectivity index (χ0v) is 73.1. The van der Waals surface area contributed by atoms with Gasteiger partial charge in [-0.1, -0.05) is 106 Å². The van der Waals surface area contributed by atoms with E-state index in [4.69, 9.17) is 44.3 Å². The van der Waals surface area contributed by atoms with Gasteiger partial charge in [-0.25, -0.2) is 82.1 Å². The number of pyridine rings is 7. The van der Waals surface area contributed by atoms with Crippen molar-refractivity contribution in [3.05, 3.63) is 172 Å². The molecule has 5 N–H and O–H groups in total. The number of halogens is 6. The summed E-state index contributed by atoms with van der Waals surface area (Å²) < 4.78 is 59.7. The number of nitrogens with zero attached hydrogens (tertiary/aromatic N) is 17. The first kappa shape index (κ1) is 90.8. The number of aryl methyl sites for hydroxylation is 3. The number of fused-ring (bicyclic) bond motifs is 5. The van der Waals surface area contributed by atoms with Crippen molar-refractivity contribution in [1.82, 2.24) is 82.6 Å². The van der Waals surface area contributed by atoms with Crippen LogP contribution in [-0.4, -0.2) is 144 Å². The van der Waals surface area contributed by atoms with Gasteiger partial charge in [0.2, 0.25) is 59.3 Å². The highest BCUT2D eigenvalue weighted by Crippen LogP contribution is 2.41. The van der Waals surface area contributed by atoms with Crippen molar-refractivity contribution < 1.29 is 46.6 Å². The van der Waals surface area contributed by atoms with Crippen LogP contribution in [0.1, 0.15) is 194 Å². The number of rotatable bonds is 24. The molecular weight excluding hydrogens is 1640 g/mol. The predicted octanol–water partition coefficient (Wildman–Crippen LogP) is 19.1. The molecule has 29 nitrogen and oxygen atoms in total. The van der Waals surface area contributed by atoms with Crippen LogP contribution in [0.3, 0.4) is 0 Å². The number of hydrogen-bond donors (Lipinski definition) is 5. The maximum atomic E-state index is 13.3. The van der Waals surface area contributed by atoms with Crippen molar-refractivity contribution >= 4 is 150 Å². The van der Waals surface area contributed by atoms with Crippen LogP contribution < -0.4 is 26.6 Å². The first-order chi connectivity index (χ1) is 58.7. The minimum absolute atomic E-state index is 0.0264. The van der Waals surface area contributed by atoms with E-state index in [0.717, 1.165) is 83.8 Å². The van der Waals surface area contributed by atoms with Crippen molar-refractivity contribution in [2.45, 2.75) is 215 Å². The van der Waals surface area contributed by atoms with Gasteiger partial charge in [0.15, 0.2) is 28.2 Å². The number of amides is 5. The van der Waals surface area contributed by atoms with E-state index in [0.29, 0.717) is 131 Å². The molecule has 2 atom stereocenters. The molecular formula is C88H102Cl3F3N22O7. The Morgan fingerprint density at radius 2 is 0.894 bits per heavy atom. The number of methoxy groups -OCH3 is 1. The van der Waals surface area contributed by atoms with Gasteiger partial charge < -0.3 is 9.47 Å². The van der Waals surface area contributed by atoms with Crippen LogP contribution in [0, 0.1) is 36.8 Å². The lowest BCUT2D eigenvalue weighted by atomic mass is 9.90. The standard InChI is InChI=1S/C20H15ClFN5O.C18H19ClFN5O2.C17H24N4O2.C17H24N4O.C16H20ClFN4O/c21-16-9-8-15-19(25-16)27(17-10-7-14(22)12-23-17)20(24-15)26-18(28)11-6-13-4-2-1-3-5-13;1-18(2,3)27-9-8-15(26)24-17-22-12-5-6-13(19)23-16(12)25(17)14-7-4-11(20)10-21-14;1-11-7-9-14-16(18-11)21(13-5-4-6-13)17(19-14)20-15(22)10-8-12(2)23-3;1-4-11(2)10-15(22)20-17-19-14-9-8-12(3)18-16(14)21(17)13-6-5-7-13;1-16(2,3)8-13(23)21-15-19-11-4-5-12(17)20-14(11)22(15)10-6-9(18)7-10/h1-5,7-10,12H,6,11H2,(H,24,26,28);4-7,10H,8-9H2,1-3H3,(H,22,24,26);7,9,12-13H,4-6,8,10H2,1-3H3,(H,19,20,22);8-9,11,13H,4-7,10H2,1-3H3,(H,19,20,22);4-5,9-10H,6-8H2,1-3H3,(H,19,21,23)/t;;;11-;/m...0./s1. The molecule has 1 aromatic carbocycles. The fraction of sp³-hybridized carbons (Fsp3) is 0.420. The van der Waals surface area contributed by atoms with Gasteiger partial charge in [-0.05, 0) is 208 Å². The number of carbonyl (C=O) groups is 5. The number of aromatic nitrogens is 17. The summed E-state index contributed by atoms with van der Waals surface area (Å²) in [6.45, 7) is 22.1.